The van der Waals surface area contributed by atoms with Gasteiger partial charge in [0, 0.05) is 12.7 Å². The maximum Gasteiger partial charge on any atom is 0.132 e. The van der Waals surface area contributed by atoms with Gasteiger partial charge in [-0.15, -0.1) is 0 Å². The van der Waals surface area contributed by atoms with Crippen molar-refractivity contribution in [3.05, 3.63) is 48.4 Å². The Hall–Kier alpha value is -2.14. The Labute approximate surface area is 130 Å². The zero-order valence-electron chi connectivity index (χ0n) is 12.8. The molecule has 1 aromatic carbocycles. The molecule has 1 atom stereocenters. The number of rotatable bonds is 4. The van der Waals surface area contributed by atoms with Gasteiger partial charge in [-0.2, -0.15) is 0 Å². The lowest BCUT2D eigenvalue weighted by Crippen LogP contribution is -2.52. The Balaban J connectivity index is 1.66. The van der Waals surface area contributed by atoms with Crippen molar-refractivity contribution in [2.24, 2.45) is 0 Å². The van der Waals surface area contributed by atoms with Gasteiger partial charge in [-0.3, -0.25) is 0 Å². The molecule has 0 amide bonds. The molecule has 0 aliphatic carbocycles. The molecule has 3 rings (SSSR count). The SMILES string of the molecule is Cc1nccc(N2CCC[C@@](O)(COc3ccccc3)C2)n1. The number of para-hydroxylation sites is 1. The molecule has 22 heavy (non-hydrogen) atoms. The first kappa shape index (κ1) is 14.8. The monoisotopic (exact) mass is 299 g/mol. The van der Waals surface area contributed by atoms with Gasteiger partial charge in [0.1, 0.15) is 29.6 Å². The first-order valence-corrected chi connectivity index (χ1v) is 7.59. The van der Waals surface area contributed by atoms with Gasteiger partial charge in [0.25, 0.3) is 0 Å². The van der Waals surface area contributed by atoms with Crippen LogP contribution < -0.4 is 9.64 Å². The largest absolute Gasteiger partial charge is 0.491 e. The second-order valence-electron chi connectivity index (χ2n) is 5.81. The Morgan fingerprint density at radius 1 is 1.27 bits per heavy atom. The van der Waals surface area contributed by atoms with Crippen LogP contribution in [0.5, 0.6) is 5.75 Å². The second kappa shape index (κ2) is 6.32. The van der Waals surface area contributed by atoms with E-state index in [-0.39, 0.29) is 6.61 Å². The van der Waals surface area contributed by atoms with E-state index in [4.69, 9.17) is 4.74 Å². The minimum absolute atomic E-state index is 0.289. The number of piperidine rings is 1. The number of nitrogens with zero attached hydrogens (tertiary/aromatic N) is 3. The number of aromatic nitrogens is 2. The molecule has 0 unspecified atom stereocenters. The van der Waals surface area contributed by atoms with E-state index >= 15 is 0 Å². The number of ether oxygens (including phenoxy) is 1. The summed E-state index contributed by atoms with van der Waals surface area (Å²) in [4.78, 5) is 10.7. The van der Waals surface area contributed by atoms with Crippen molar-refractivity contribution in [1.29, 1.82) is 0 Å². The fourth-order valence-corrected chi connectivity index (χ4v) is 2.78. The van der Waals surface area contributed by atoms with E-state index in [1.54, 1.807) is 6.20 Å². The Morgan fingerprint density at radius 2 is 2.09 bits per heavy atom. The molecule has 5 heteroatoms. The van der Waals surface area contributed by atoms with Gasteiger partial charge in [-0.25, -0.2) is 9.97 Å². The number of β-amino-alcohol motifs (C(OH)–C–C–N with tert-alkyl or cyclic N) is 1. The zero-order valence-corrected chi connectivity index (χ0v) is 12.8. The summed E-state index contributed by atoms with van der Waals surface area (Å²) in [6.45, 7) is 3.58. The van der Waals surface area contributed by atoms with Gasteiger partial charge < -0.3 is 14.7 Å². The topological polar surface area (TPSA) is 58.5 Å². The van der Waals surface area contributed by atoms with Crippen LogP contribution >= 0.6 is 0 Å². The summed E-state index contributed by atoms with van der Waals surface area (Å²) in [6.07, 6.45) is 3.41. The maximum absolute atomic E-state index is 10.8. The molecule has 1 N–H and O–H groups in total. The molecule has 0 bridgehead atoms. The molecule has 2 heterocycles. The number of benzene rings is 1. The van der Waals surface area contributed by atoms with Crippen molar-refractivity contribution in [3.63, 3.8) is 0 Å². The van der Waals surface area contributed by atoms with Crippen LogP contribution in [0.25, 0.3) is 0 Å². The molecule has 1 aliphatic rings. The minimum atomic E-state index is -0.854. The van der Waals surface area contributed by atoms with E-state index in [1.165, 1.54) is 0 Å². The molecule has 2 aromatic rings. The van der Waals surface area contributed by atoms with Crippen LogP contribution in [0.15, 0.2) is 42.6 Å². The van der Waals surface area contributed by atoms with E-state index in [1.807, 2.05) is 43.3 Å². The van der Waals surface area contributed by atoms with Crippen LogP contribution in [-0.2, 0) is 0 Å². The third-order valence-corrected chi connectivity index (χ3v) is 3.89. The standard InChI is InChI=1S/C17H21N3O2/c1-14-18-10-8-16(19-14)20-11-5-9-17(21,12-20)13-22-15-6-3-2-4-7-15/h2-4,6-8,10,21H,5,9,11-13H2,1H3/t17-/m0/s1. The van der Waals surface area contributed by atoms with E-state index in [0.29, 0.717) is 6.54 Å². The van der Waals surface area contributed by atoms with Crippen LogP contribution in [0.2, 0.25) is 0 Å². The number of aliphatic hydroxyl groups is 1. The molecular weight excluding hydrogens is 278 g/mol. The molecular formula is C17H21N3O2. The molecule has 1 fully saturated rings. The summed E-state index contributed by atoms with van der Waals surface area (Å²) in [5.74, 6) is 2.39. The first-order valence-electron chi connectivity index (χ1n) is 7.59. The fourth-order valence-electron chi connectivity index (χ4n) is 2.78. The number of hydrogen-bond donors (Lipinski definition) is 1. The second-order valence-corrected chi connectivity index (χ2v) is 5.81. The van der Waals surface area contributed by atoms with Gasteiger partial charge in [0.2, 0.25) is 0 Å². The summed E-state index contributed by atoms with van der Waals surface area (Å²) in [5.41, 5.74) is -0.854. The maximum atomic E-state index is 10.8. The predicted molar refractivity (Wildman–Crippen MR) is 85.1 cm³/mol. The summed E-state index contributed by atoms with van der Waals surface area (Å²) < 4.78 is 5.75. The van der Waals surface area contributed by atoms with Crippen LogP contribution in [-0.4, -0.2) is 40.4 Å². The van der Waals surface area contributed by atoms with Crippen LogP contribution in [0, 0.1) is 6.92 Å². The predicted octanol–water partition coefficient (Wildman–Crippen LogP) is 2.20. The lowest BCUT2D eigenvalue weighted by molar-refractivity contribution is -0.0156. The zero-order chi connectivity index (χ0) is 15.4. The quantitative estimate of drug-likeness (QED) is 0.938. The summed E-state index contributed by atoms with van der Waals surface area (Å²) in [6, 6.07) is 11.5. The first-order chi connectivity index (χ1) is 10.6. The van der Waals surface area contributed by atoms with Crippen molar-refractivity contribution in [2.45, 2.75) is 25.4 Å². The Bertz CT molecular complexity index is 620. The fraction of sp³-hybridized carbons (Fsp3) is 0.412. The van der Waals surface area contributed by atoms with E-state index in [0.717, 1.165) is 36.8 Å². The van der Waals surface area contributed by atoms with Gasteiger partial charge >= 0.3 is 0 Å². The van der Waals surface area contributed by atoms with Gasteiger partial charge in [-0.05, 0) is 38.0 Å². The number of anilines is 1. The van der Waals surface area contributed by atoms with Crippen molar-refractivity contribution in [2.75, 3.05) is 24.6 Å². The summed E-state index contributed by atoms with van der Waals surface area (Å²) >= 11 is 0. The van der Waals surface area contributed by atoms with Crippen molar-refractivity contribution >= 4 is 5.82 Å². The van der Waals surface area contributed by atoms with Crippen LogP contribution in [0.4, 0.5) is 5.82 Å². The van der Waals surface area contributed by atoms with Gasteiger partial charge in [0.05, 0.1) is 6.54 Å². The number of hydrogen-bond acceptors (Lipinski definition) is 5. The molecule has 0 saturated carbocycles. The van der Waals surface area contributed by atoms with Crippen LogP contribution in [0.3, 0.4) is 0 Å². The highest BCUT2D eigenvalue weighted by Crippen LogP contribution is 2.25. The molecule has 116 valence electrons. The van der Waals surface area contributed by atoms with Crippen molar-refractivity contribution < 1.29 is 9.84 Å². The third-order valence-electron chi connectivity index (χ3n) is 3.89. The Morgan fingerprint density at radius 3 is 2.86 bits per heavy atom. The van der Waals surface area contributed by atoms with E-state index in [9.17, 15) is 5.11 Å². The smallest absolute Gasteiger partial charge is 0.132 e. The molecule has 0 spiro atoms. The van der Waals surface area contributed by atoms with Crippen molar-refractivity contribution in [1.82, 2.24) is 9.97 Å². The van der Waals surface area contributed by atoms with Crippen LogP contribution in [0.1, 0.15) is 18.7 Å². The van der Waals surface area contributed by atoms with Gasteiger partial charge in [0.15, 0.2) is 0 Å². The van der Waals surface area contributed by atoms with Gasteiger partial charge in [-0.1, -0.05) is 18.2 Å². The normalized spacial score (nSPS) is 21.6. The molecule has 5 nitrogen and oxygen atoms in total. The molecule has 1 saturated heterocycles. The minimum Gasteiger partial charge on any atom is -0.491 e. The lowest BCUT2D eigenvalue weighted by atomic mass is 9.93. The highest BCUT2D eigenvalue weighted by Gasteiger charge is 2.34. The summed E-state index contributed by atoms with van der Waals surface area (Å²) in [7, 11) is 0. The average Bonchev–Trinajstić information content (AvgIpc) is 2.54. The molecule has 1 aliphatic heterocycles. The Kier molecular flexibility index (Phi) is 4.24. The van der Waals surface area contributed by atoms with E-state index < -0.39 is 5.60 Å². The van der Waals surface area contributed by atoms with Crippen molar-refractivity contribution in [3.8, 4) is 5.75 Å². The van der Waals surface area contributed by atoms with E-state index in [2.05, 4.69) is 14.9 Å². The highest BCUT2D eigenvalue weighted by atomic mass is 16.5. The lowest BCUT2D eigenvalue weighted by Gasteiger charge is -2.39. The third kappa shape index (κ3) is 3.54. The highest BCUT2D eigenvalue weighted by molar-refractivity contribution is 5.39. The molecule has 0 radical (unpaired) electrons. The summed E-state index contributed by atoms with van der Waals surface area (Å²) in [5, 5.41) is 10.8. The average molecular weight is 299 g/mol. The number of aryl methyl sites for hydroxylation is 1. The molecule has 1 aromatic heterocycles.